The summed E-state index contributed by atoms with van der Waals surface area (Å²) in [5.74, 6) is 0.944. The average Bonchev–Trinajstić information content (AvgIpc) is 2.32. The van der Waals surface area contributed by atoms with E-state index in [9.17, 15) is 10.1 Å². The SMILES string of the molecule is Cc1ccc(Oc2cc(C)c([N+](=O)[O-])cn2)c(Br)c1. The first-order valence-corrected chi connectivity index (χ1v) is 6.31. The predicted octanol–water partition coefficient (Wildman–Crippen LogP) is 4.16. The number of nitrogens with zero attached hydrogens (tertiary/aromatic N) is 2. The van der Waals surface area contributed by atoms with Crippen molar-refractivity contribution in [1.29, 1.82) is 0 Å². The van der Waals surface area contributed by atoms with Gasteiger partial charge in [-0.25, -0.2) is 4.98 Å². The van der Waals surface area contributed by atoms with Crippen LogP contribution in [0.4, 0.5) is 5.69 Å². The second-order valence-electron chi connectivity index (χ2n) is 4.10. The number of ether oxygens (including phenoxy) is 1. The van der Waals surface area contributed by atoms with Gasteiger partial charge in [-0.05, 0) is 47.5 Å². The van der Waals surface area contributed by atoms with E-state index in [-0.39, 0.29) is 5.69 Å². The van der Waals surface area contributed by atoms with Gasteiger partial charge < -0.3 is 4.74 Å². The van der Waals surface area contributed by atoms with E-state index in [1.54, 1.807) is 13.0 Å². The molecule has 6 heteroatoms. The number of rotatable bonds is 3. The van der Waals surface area contributed by atoms with E-state index >= 15 is 0 Å². The number of pyridine rings is 1. The van der Waals surface area contributed by atoms with E-state index in [0.29, 0.717) is 17.2 Å². The van der Waals surface area contributed by atoms with Crippen LogP contribution in [0.5, 0.6) is 11.6 Å². The lowest BCUT2D eigenvalue weighted by Gasteiger charge is -2.08. The van der Waals surface area contributed by atoms with E-state index in [1.165, 1.54) is 6.20 Å². The topological polar surface area (TPSA) is 65.3 Å². The van der Waals surface area contributed by atoms with Crippen LogP contribution in [0, 0.1) is 24.0 Å². The molecule has 0 N–H and O–H groups in total. The first kappa shape index (κ1) is 13.5. The molecule has 0 fully saturated rings. The molecule has 0 radical (unpaired) electrons. The van der Waals surface area contributed by atoms with Gasteiger partial charge in [0.2, 0.25) is 5.88 Å². The Morgan fingerprint density at radius 1 is 1.32 bits per heavy atom. The van der Waals surface area contributed by atoms with Gasteiger partial charge in [-0.2, -0.15) is 0 Å². The molecule has 0 bridgehead atoms. The van der Waals surface area contributed by atoms with Gasteiger partial charge in [-0.15, -0.1) is 0 Å². The summed E-state index contributed by atoms with van der Waals surface area (Å²) in [6.07, 6.45) is 1.20. The zero-order chi connectivity index (χ0) is 14.0. The molecule has 1 aromatic heterocycles. The van der Waals surface area contributed by atoms with Crippen LogP contribution < -0.4 is 4.74 Å². The van der Waals surface area contributed by atoms with Crippen LogP contribution in [-0.2, 0) is 0 Å². The summed E-state index contributed by atoms with van der Waals surface area (Å²) in [6.45, 7) is 3.62. The van der Waals surface area contributed by atoms with Crippen molar-refractivity contribution < 1.29 is 9.66 Å². The summed E-state index contributed by atoms with van der Waals surface area (Å²) in [7, 11) is 0. The monoisotopic (exact) mass is 322 g/mol. The Bertz CT molecular complexity index is 644. The first-order valence-electron chi connectivity index (χ1n) is 5.52. The molecule has 1 heterocycles. The Kier molecular flexibility index (Phi) is 3.80. The Morgan fingerprint density at radius 2 is 2.05 bits per heavy atom. The molecule has 2 rings (SSSR count). The minimum Gasteiger partial charge on any atom is -0.438 e. The highest BCUT2D eigenvalue weighted by Crippen LogP contribution is 2.30. The molecule has 0 aliphatic heterocycles. The fourth-order valence-electron chi connectivity index (χ4n) is 1.57. The number of aromatic nitrogens is 1. The summed E-state index contributed by atoms with van der Waals surface area (Å²) in [4.78, 5) is 14.2. The first-order chi connectivity index (χ1) is 8.97. The molecule has 0 amide bonds. The molecular weight excluding hydrogens is 312 g/mol. The minimum absolute atomic E-state index is 0.0182. The van der Waals surface area contributed by atoms with Gasteiger partial charge in [-0.3, -0.25) is 10.1 Å². The normalized spacial score (nSPS) is 10.3. The average molecular weight is 323 g/mol. The van der Waals surface area contributed by atoms with Crippen molar-refractivity contribution in [1.82, 2.24) is 4.98 Å². The van der Waals surface area contributed by atoms with Crippen molar-refractivity contribution in [3.63, 3.8) is 0 Å². The van der Waals surface area contributed by atoms with E-state index in [0.717, 1.165) is 10.0 Å². The fraction of sp³-hybridized carbons (Fsp3) is 0.154. The van der Waals surface area contributed by atoms with Crippen molar-refractivity contribution in [2.75, 3.05) is 0 Å². The molecule has 0 saturated carbocycles. The molecule has 0 aliphatic carbocycles. The molecule has 0 spiro atoms. The number of nitro groups is 1. The molecule has 19 heavy (non-hydrogen) atoms. The number of halogens is 1. The highest BCUT2D eigenvalue weighted by atomic mass is 79.9. The van der Waals surface area contributed by atoms with Crippen LogP contribution >= 0.6 is 15.9 Å². The van der Waals surface area contributed by atoms with Crippen molar-refractivity contribution in [2.24, 2.45) is 0 Å². The standard InChI is InChI=1S/C13H11BrN2O3/c1-8-3-4-12(10(14)5-8)19-13-6-9(2)11(7-15-13)16(17)18/h3-7H,1-2H3. The van der Waals surface area contributed by atoms with E-state index in [2.05, 4.69) is 20.9 Å². The number of hydrogen-bond donors (Lipinski definition) is 0. The third-order valence-corrected chi connectivity index (χ3v) is 3.18. The summed E-state index contributed by atoms with van der Waals surface area (Å²) in [5.41, 5.74) is 1.60. The van der Waals surface area contributed by atoms with Gasteiger partial charge >= 0.3 is 0 Å². The van der Waals surface area contributed by atoms with Crippen molar-refractivity contribution in [3.8, 4) is 11.6 Å². The van der Waals surface area contributed by atoms with Crippen LogP contribution in [0.25, 0.3) is 0 Å². The third-order valence-electron chi connectivity index (χ3n) is 2.56. The lowest BCUT2D eigenvalue weighted by molar-refractivity contribution is -0.385. The molecule has 5 nitrogen and oxygen atoms in total. The zero-order valence-corrected chi connectivity index (χ0v) is 12.0. The van der Waals surface area contributed by atoms with Crippen LogP contribution in [0.1, 0.15) is 11.1 Å². The summed E-state index contributed by atoms with van der Waals surface area (Å²) in [5, 5.41) is 10.7. The third kappa shape index (κ3) is 3.08. The quantitative estimate of drug-likeness (QED) is 0.628. The van der Waals surface area contributed by atoms with Gasteiger partial charge in [0.25, 0.3) is 5.69 Å². The molecule has 98 valence electrons. The number of aryl methyl sites for hydroxylation is 2. The highest BCUT2D eigenvalue weighted by molar-refractivity contribution is 9.10. The molecule has 1 aromatic carbocycles. The van der Waals surface area contributed by atoms with Crippen LogP contribution in [-0.4, -0.2) is 9.91 Å². The van der Waals surface area contributed by atoms with Crippen molar-refractivity contribution in [3.05, 3.63) is 56.2 Å². The lowest BCUT2D eigenvalue weighted by Crippen LogP contribution is -1.95. The number of hydrogen-bond acceptors (Lipinski definition) is 4. The van der Waals surface area contributed by atoms with Gasteiger partial charge in [0.05, 0.1) is 9.40 Å². The van der Waals surface area contributed by atoms with Crippen LogP contribution in [0.2, 0.25) is 0 Å². The van der Waals surface area contributed by atoms with E-state index in [4.69, 9.17) is 4.74 Å². The van der Waals surface area contributed by atoms with Gasteiger partial charge in [0.1, 0.15) is 11.9 Å². The van der Waals surface area contributed by atoms with E-state index in [1.807, 2.05) is 25.1 Å². The number of benzene rings is 1. The van der Waals surface area contributed by atoms with Crippen LogP contribution in [0.3, 0.4) is 0 Å². The van der Waals surface area contributed by atoms with Crippen LogP contribution in [0.15, 0.2) is 34.9 Å². The van der Waals surface area contributed by atoms with Crippen molar-refractivity contribution >= 4 is 21.6 Å². The maximum Gasteiger partial charge on any atom is 0.290 e. The lowest BCUT2D eigenvalue weighted by atomic mass is 10.2. The zero-order valence-electron chi connectivity index (χ0n) is 10.4. The molecule has 0 saturated heterocycles. The molecule has 2 aromatic rings. The molecule has 0 atom stereocenters. The Morgan fingerprint density at radius 3 is 2.63 bits per heavy atom. The van der Waals surface area contributed by atoms with Crippen molar-refractivity contribution in [2.45, 2.75) is 13.8 Å². The van der Waals surface area contributed by atoms with Gasteiger partial charge in [0, 0.05) is 11.6 Å². The maximum atomic E-state index is 10.7. The highest BCUT2D eigenvalue weighted by Gasteiger charge is 2.13. The minimum atomic E-state index is -0.464. The smallest absolute Gasteiger partial charge is 0.290 e. The maximum absolute atomic E-state index is 10.7. The molecular formula is C13H11BrN2O3. The molecule has 0 unspecified atom stereocenters. The fourth-order valence-corrected chi connectivity index (χ4v) is 2.15. The van der Waals surface area contributed by atoms with E-state index < -0.39 is 4.92 Å². The largest absolute Gasteiger partial charge is 0.438 e. The Labute approximate surface area is 118 Å². The molecule has 0 aliphatic rings. The van der Waals surface area contributed by atoms with Gasteiger partial charge in [0.15, 0.2) is 0 Å². The summed E-state index contributed by atoms with van der Waals surface area (Å²) < 4.78 is 6.41. The Balaban J connectivity index is 2.29. The second kappa shape index (κ2) is 5.36. The second-order valence-corrected chi connectivity index (χ2v) is 4.96. The van der Waals surface area contributed by atoms with Gasteiger partial charge in [-0.1, -0.05) is 6.07 Å². The Hall–Kier alpha value is -1.95. The summed E-state index contributed by atoms with van der Waals surface area (Å²) in [6, 6.07) is 7.20. The summed E-state index contributed by atoms with van der Waals surface area (Å²) >= 11 is 3.40. The predicted molar refractivity (Wildman–Crippen MR) is 74.6 cm³/mol.